The molecule has 0 aliphatic rings. The molecule has 0 saturated heterocycles. The summed E-state index contributed by atoms with van der Waals surface area (Å²) in [6, 6.07) is 16.6. The second-order valence-electron chi connectivity index (χ2n) is 7.38. The lowest BCUT2D eigenvalue weighted by molar-refractivity contribution is -0.386. The van der Waals surface area contributed by atoms with Crippen molar-refractivity contribution in [2.45, 2.75) is 27.3 Å². The first-order valence-corrected chi connectivity index (χ1v) is 10.8. The number of aromatic nitrogens is 3. The highest BCUT2D eigenvalue weighted by molar-refractivity contribution is 7.14. The van der Waals surface area contributed by atoms with Crippen LogP contribution in [0.25, 0.3) is 0 Å². The van der Waals surface area contributed by atoms with E-state index < -0.39 is 4.92 Å². The van der Waals surface area contributed by atoms with E-state index in [9.17, 15) is 14.9 Å². The topological polar surface area (TPSA) is 94.2 Å². The van der Waals surface area contributed by atoms with Crippen molar-refractivity contribution in [1.29, 1.82) is 0 Å². The molecule has 2 aromatic heterocycles. The Balaban J connectivity index is 1.61. The second kappa shape index (κ2) is 8.72. The molecule has 4 aromatic rings. The largest absolute Gasteiger partial charge is 0.312 e. The number of carbonyl (C=O) groups excluding carboxylic acids is 1. The molecule has 2 aromatic carbocycles. The van der Waals surface area contributed by atoms with Gasteiger partial charge in [-0.15, -0.1) is 11.3 Å². The summed E-state index contributed by atoms with van der Waals surface area (Å²) in [5.41, 5.74) is 3.93. The van der Waals surface area contributed by atoms with Gasteiger partial charge in [0, 0.05) is 10.9 Å². The standard InChI is InChI=1S/C23H21N5O3S/c1-15-14-32-23(24-15)27(20-7-5-4-6-8-20)22(29)19-11-9-18(10-12-19)13-26-17(3)21(28(30)31)16(2)25-26/h4-12,14H,13H2,1-3H3. The molecule has 0 N–H and O–H groups in total. The van der Waals surface area contributed by atoms with Crippen LogP contribution in [-0.2, 0) is 6.54 Å². The number of anilines is 2. The fraction of sp³-hybridized carbons (Fsp3) is 0.174. The van der Waals surface area contributed by atoms with Gasteiger partial charge in [-0.2, -0.15) is 5.10 Å². The first-order chi connectivity index (χ1) is 15.3. The lowest BCUT2D eigenvalue weighted by atomic mass is 10.1. The molecule has 4 rings (SSSR count). The Labute approximate surface area is 188 Å². The SMILES string of the molecule is Cc1csc(N(C(=O)c2ccc(Cn3nc(C)c([N+](=O)[O-])c3C)cc2)c2ccccc2)n1. The zero-order valence-electron chi connectivity index (χ0n) is 17.8. The molecule has 1 amide bonds. The van der Waals surface area contributed by atoms with Crippen LogP contribution in [0.5, 0.6) is 0 Å². The van der Waals surface area contributed by atoms with Crippen molar-refractivity contribution in [3.63, 3.8) is 0 Å². The zero-order valence-corrected chi connectivity index (χ0v) is 18.7. The van der Waals surface area contributed by atoms with Gasteiger partial charge in [-0.25, -0.2) is 4.98 Å². The maximum absolute atomic E-state index is 13.4. The van der Waals surface area contributed by atoms with Crippen LogP contribution < -0.4 is 4.90 Å². The Morgan fingerprint density at radius 3 is 2.34 bits per heavy atom. The molecular weight excluding hydrogens is 426 g/mol. The molecule has 2 heterocycles. The highest BCUT2D eigenvalue weighted by Crippen LogP contribution is 2.30. The average Bonchev–Trinajstić information content (AvgIpc) is 3.31. The van der Waals surface area contributed by atoms with Crippen molar-refractivity contribution >= 4 is 33.8 Å². The molecule has 0 radical (unpaired) electrons. The molecule has 0 unspecified atom stereocenters. The van der Waals surface area contributed by atoms with E-state index in [1.54, 1.807) is 35.6 Å². The van der Waals surface area contributed by atoms with Crippen LogP contribution in [-0.4, -0.2) is 25.6 Å². The minimum Gasteiger partial charge on any atom is -0.268 e. The van der Waals surface area contributed by atoms with Gasteiger partial charge in [0.2, 0.25) is 0 Å². The molecule has 8 nitrogen and oxygen atoms in total. The fourth-order valence-corrected chi connectivity index (χ4v) is 4.32. The zero-order chi connectivity index (χ0) is 22.8. The third-order valence-corrected chi connectivity index (χ3v) is 6.02. The molecule has 32 heavy (non-hydrogen) atoms. The van der Waals surface area contributed by atoms with E-state index in [0.29, 0.717) is 28.6 Å². The van der Waals surface area contributed by atoms with Crippen LogP contribution in [0.4, 0.5) is 16.5 Å². The Morgan fingerprint density at radius 1 is 1.09 bits per heavy atom. The van der Waals surface area contributed by atoms with E-state index in [0.717, 1.165) is 16.9 Å². The highest BCUT2D eigenvalue weighted by atomic mass is 32.1. The number of benzene rings is 2. The lowest BCUT2D eigenvalue weighted by Crippen LogP contribution is -2.25. The van der Waals surface area contributed by atoms with Crippen molar-refractivity contribution in [2.75, 3.05) is 4.90 Å². The summed E-state index contributed by atoms with van der Waals surface area (Å²) in [4.78, 5) is 30.3. The Kier molecular flexibility index (Phi) is 5.83. The molecule has 0 spiro atoms. The summed E-state index contributed by atoms with van der Waals surface area (Å²) in [5, 5.41) is 18.0. The van der Waals surface area contributed by atoms with Gasteiger partial charge in [0.1, 0.15) is 11.4 Å². The van der Waals surface area contributed by atoms with E-state index in [-0.39, 0.29) is 11.6 Å². The summed E-state index contributed by atoms with van der Waals surface area (Å²) < 4.78 is 1.61. The lowest BCUT2D eigenvalue weighted by Gasteiger charge is -2.20. The monoisotopic (exact) mass is 447 g/mol. The Hall–Kier alpha value is -3.85. The summed E-state index contributed by atoms with van der Waals surface area (Å²) >= 11 is 1.42. The minimum absolute atomic E-state index is 0.0362. The van der Waals surface area contributed by atoms with Crippen molar-refractivity contribution in [2.24, 2.45) is 0 Å². The van der Waals surface area contributed by atoms with E-state index >= 15 is 0 Å². The number of nitrogens with zero attached hydrogens (tertiary/aromatic N) is 5. The van der Waals surface area contributed by atoms with Crippen LogP contribution in [0.2, 0.25) is 0 Å². The van der Waals surface area contributed by atoms with E-state index in [2.05, 4.69) is 10.1 Å². The fourth-order valence-electron chi connectivity index (χ4n) is 3.50. The van der Waals surface area contributed by atoms with Gasteiger partial charge in [0.05, 0.1) is 22.8 Å². The molecule has 0 bridgehead atoms. The highest BCUT2D eigenvalue weighted by Gasteiger charge is 2.23. The van der Waals surface area contributed by atoms with Gasteiger partial charge >= 0.3 is 5.69 Å². The van der Waals surface area contributed by atoms with E-state index in [4.69, 9.17) is 0 Å². The number of thiazole rings is 1. The molecule has 0 atom stereocenters. The maximum Gasteiger partial charge on any atom is 0.312 e. The molecule has 162 valence electrons. The number of hydrogen-bond donors (Lipinski definition) is 0. The number of aryl methyl sites for hydroxylation is 2. The smallest absolute Gasteiger partial charge is 0.268 e. The molecule has 0 aliphatic carbocycles. The molecular formula is C23H21N5O3S. The molecule has 9 heteroatoms. The van der Waals surface area contributed by atoms with E-state index in [1.807, 2.05) is 54.8 Å². The van der Waals surface area contributed by atoms with E-state index in [1.165, 1.54) is 11.3 Å². The summed E-state index contributed by atoms with van der Waals surface area (Å²) in [6.07, 6.45) is 0. The predicted molar refractivity (Wildman–Crippen MR) is 124 cm³/mol. The van der Waals surface area contributed by atoms with Gasteiger partial charge in [-0.1, -0.05) is 30.3 Å². The second-order valence-corrected chi connectivity index (χ2v) is 8.22. The quantitative estimate of drug-likeness (QED) is 0.299. The van der Waals surface area contributed by atoms with Gasteiger partial charge < -0.3 is 0 Å². The Morgan fingerprint density at radius 2 is 1.78 bits per heavy atom. The average molecular weight is 448 g/mol. The van der Waals surface area contributed by atoms with Gasteiger partial charge in [0.25, 0.3) is 5.91 Å². The van der Waals surface area contributed by atoms with Gasteiger partial charge in [-0.3, -0.25) is 24.5 Å². The van der Waals surface area contributed by atoms with Gasteiger partial charge in [-0.05, 0) is 50.6 Å². The van der Waals surface area contributed by atoms with Crippen LogP contribution in [0.3, 0.4) is 0 Å². The van der Waals surface area contributed by atoms with Crippen molar-refractivity contribution < 1.29 is 9.72 Å². The predicted octanol–water partition coefficient (Wildman–Crippen LogP) is 5.20. The molecule has 0 aliphatic heterocycles. The van der Waals surface area contributed by atoms with Crippen molar-refractivity contribution in [3.05, 3.63) is 98.3 Å². The summed E-state index contributed by atoms with van der Waals surface area (Å²) in [7, 11) is 0. The third-order valence-electron chi connectivity index (χ3n) is 5.07. The first kappa shape index (κ1) is 21.4. The first-order valence-electron chi connectivity index (χ1n) is 9.94. The summed E-state index contributed by atoms with van der Waals surface area (Å²) in [6.45, 7) is 5.58. The Bertz CT molecular complexity index is 1280. The number of amides is 1. The third kappa shape index (κ3) is 4.15. The normalized spacial score (nSPS) is 10.8. The van der Waals surface area contributed by atoms with Crippen LogP contribution in [0.1, 0.15) is 33.0 Å². The van der Waals surface area contributed by atoms with Crippen molar-refractivity contribution in [1.82, 2.24) is 14.8 Å². The van der Waals surface area contributed by atoms with Crippen molar-refractivity contribution in [3.8, 4) is 0 Å². The van der Waals surface area contributed by atoms with Crippen LogP contribution >= 0.6 is 11.3 Å². The number of para-hydroxylation sites is 1. The van der Waals surface area contributed by atoms with Crippen LogP contribution in [0.15, 0.2) is 60.0 Å². The number of rotatable bonds is 6. The number of nitro groups is 1. The summed E-state index contributed by atoms with van der Waals surface area (Å²) in [5.74, 6) is -0.182. The van der Waals surface area contributed by atoms with Gasteiger partial charge in [0.15, 0.2) is 5.13 Å². The molecule has 0 fully saturated rings. The molecule has 0 saturated carbocycles. The van der Waals surface area contributed by atoms with Crippen LogP contribution in [0, 0.1) is 30.9 Å². The number of hydrogen-bond acceptors (Lipinski definition) is 6. The minimum atomic E-state index is -0.408. The maximum atomic E-state index is 13.4. The number of carbonyl (C=O) groups is 1.